The molecule has 0 aliphatic carbocycles. The van der Waals surface area contributed by atoms with E-state index in [1.54, 1.807) is 10.8 Å². The molecule has 3 aromatic carbocycles. The third-order valence-corrected chi connectivity index (χ3v) is 14.4. The Labute approximate surface area is 441 Å². The van der Waals surface area contributed by atoms with Crippen LogP contribution in [0.4, 0.5) is 0 Å². The molecule has 4 heterocycles. The summed E-state index contributed by atoms with van der Waals surface area (Å²) in [5.41, 5.74) is 9.59. The number of nitrogens with one attached hydrogen (secondary N) is 3. The molecular formula is C56H67N9O9S. The van der Waals surface area contributed by atoms with Crippen LogP contribution in [0.15, 0.2) is 102 Å². The van der Waals surface area contributed by atoms with Gasteiger partial charge in [0, 0.05) is 117 Å². The standard InChI is InChI=1S/C56H67N9O9S/c1-40-47(48-11-6-7-12-49(48)58-40)28-32-62(34-35-66)37-42-16-14-41(15-17-42)20-25-52(69)60-74-39-43-18-23-46(24-19-43)75-50-36-55(72)65(56(50)73)31-9-2-4-10-45(67)22-21-44-38-63(61-59-44)30-8-3-5-13-51(68)57-29-33-64-53(70)26-27-54(64)71/h6-7,11-12,14-20,23-27,38,50,58,66H,2-5,8-10,13,21-22,28-37,39H2,1H3,(H,57,68)(H,60,69)/b25-20+. The number of nitrogens with zero attached hydrogens (tertiary/aromatic N) is 6. The molecule has 7 rings (SSSR count). The average molecular weight is 1040 g/mol. The number of aliphatic hydroxyl groups excluding tert-OH is 1. The van der Waals surface area contributed by atoms with Gasteiger partial charge in [-0.1, -0.05) is 72.7 Å². The molecule has 1 atom stereocenters. The van der Waals surface area contributed by atoms with Crippen molar-refractivity contribution in [3.05, 3.63) is 131 Å². The minimum absolute atomic E-state index is 0.0759. The van der Waals surface area contributed by atoms with E-state index in [1.165, 1.54) is 51.5 Å². The van der Waals surface area contributed by atoms with Gasteiger partial charge in [0.05, 0.1) is 24.2 Å². The van der Waals surface area contributed by atoms with E-state index in [-0.39, 0.29) is 68.0 Å². The average Bonchev–Trinajstić information content (AvgIpc) is 4.16. The first kappa shape index (κ1) is 55.7. The first-order chi connectivity index (χ1) is 36.4. The number of unbranched alkanes of at least 4 members (excludes halogenated alkanes) is 4. The van der Waals surface area contributed by atoms with Gasteiger partial charge in [-0.3, -0.25) is 57.8 Å². The first-order valence-corrected chi connectivity index (χ1v) is 26.7. The summed E-state index contributed by atoms with van der Waals surface area (Å²) in [5, 5.41) is 21.6. The molecule has 1 fully saturated rings. The molecule has 0 saturated carbocycles. The number of amides is 6. The Morgan fingerprint density at radius 2 is 1.56 bits per heavy atom. The Morgan fingerprint density at radius 1 is 0.827 bits per heavy atom. The third kappa shape index (κ3) is 17.2. The number of Topliss-reactive ketones (excluding diaryl/α,β-unsaturated/α-hetero) is 1. The number of carbonyl (C=O) groups excluding carboxylic acids is 7. The number of aliphatic hydroxyl groups is 1. The van der Waals surface area contributed by atoms with E-state index in [2.05, 4.69) is 56.1 Å². The van der Waals surface area contributed by atoms with E-state index < -0.39 is 11.2 Å². The van der Waals surface area contributed by atoms with Gasteiger partial charge < -0.3 is 15.4 Å². The van der Waals surface area contributed by atoms with Gasteiger partial charge in [0.2, 0.25) is 17.7 Å². The third-order valence-electron chi connectivity index (χ3n) is 13.2. The molecule has 2 aliphatic rings. The van der Waals surface area contributed by atoms with Crippen LogP contribution in [0, 0.1) is 6.92 Å². The number of imide groups is 2. The SMILES string of the molecule is Cc1[nH]c2ccccc2c1CCN(CCO)Cc1ccc(/C=C/C(=O)NOCc2ccc(SC3CC(=O)N(CCCCCC(=O)CCc4cn(CCCCCC(=O)NCCN5C(=O)C=CC5=O)nn4)C3=O)cc2)cc1. The van der Waals surface area contributed by atoms with Gasteiger partial charge >= 0.3 is 0 Å². The van der Waals surface area contributed by atoms with Gasteiger partial charge in [0.25, 0.3) is 17.7 Å². The molecule has 1 saturated heterocycles. The van der Waals surface area contributed by atoms with Crippen LogP contribution in [0.5, 0.6) is 0 Å². The molecule has 19 heteroatoms. The lowest BCUT2D eigenvalue weighted by Crippen LogP contribution is -2.38. The second kappa shape index (κ2) is 28.6. The highest BCUT2D eigenvalue weighted by molar-refractivity contribution is 8.00. The van der Waals surface area contributed by atoms with E-state index in [0.717, 1.165) is 63.5 Å². The van der Waals surface area contributed by atoms with Crippen LogP contribution in [-0.2, 0) is 70.9 Å². The minimum atomic E-state index is -0.509. The maximum Gasteiger partial charge on any atom is 0.267 e. The highest BCUT2D eigenvalue weighted by atomic mass is 32.2. The van der Waals surface area contributed by atoms with Crippen LogP contribution in [0.1, 0.15) is 97.8 Å². The zero-order valence-corrected chi connectivity index (χ0v) is 43.4. The van der Waals surface area contributed by atoms with Crippen molar-refractivity contribution in [2.45, 2.75) is 114 Å². The molecule has 0 spiro atoms. The van der Waals surface area contributed by atoms with E-state index in [4.69, 9.17) is 4.84 Å². The summed E-state index contributed by atoms with van der Waals surface area (Å²) >= 11 is 1.35. The monoisotopic (exact) mass is 1040 g/mol. The number of hydroxylamine groups is 1. The number of benzene rings is 3. The minimum Gasteiger partial charge on any atom is -0.395 e. The van der Waals surface area contributed by atoms with E-state index in [1.807, 2.05) is 60.8 Å². The number of hydrogen-bond donors (Lipinski definition) is 4. The van der Waals surface area contributed by atoms with Crippen molar-refractivity contribution < 1.29 is 43.5 Å². The van der Waals surface area contributed by atoms with Crippen molar-refractivity contribution >= 4 is 70.0 Å². The summed E-state index contributed by atoms with van der Waals surface area (Å²) in [7, 11) is 0. The van der Waals surface area contributed by atoms with Crippen molar-refractivity contribution in [2.75, 3.05) is 39.3 Å². The Balaban J connectivity index is 0.705. The molecular weight excluding hydrogens is 975 g/mol. The van der Waals surface area contributed by atoms with Crippen LogP contribution in [0.25, 0.3) is 17.0 Å². The van der Waals surface area contributed by atoms with Gasteiger partial charge in [-0.25, -0.2) is 5.48 Å². The van der Waals surface area contributed by atoms with Gasteiger partial charge in [0.1, 0.15) is 5.78 Å². The Hall–Kier alpha value is -7.06. The van der Waals surface area contributed by atoms with Gasteiger partial charge in [-0.05, 0) is 92.0 Å². The van der Waals surface area contributed by atoms with Crippen LogP contribution in [-0.4, -0.2) is 126 Å². The second-order valence-corrected chi connectivity index (χ2v) is 20.1. The van der Waals surface area contributed by atoms with Crippen LogP contribution in [0.2, 0.25) is 0 Å². The first-order valence-electron chi connectivity index (χ1n) is 25.8. The summed E-state index contributed by atoms with van der Waals surface area (Å²) in [5.74, 6) is -1.54. The number of thioether (sulfide) groups is 1. The molecule has 6 amide bonds. The molecule has 1 unspecified atom stereocenters. The zero-order chi connectivity index (χ0) is 52.9. The van der Waals surface area contributed by atoms with E-state index in [9.17, 15) is 38.7 Å². The second-order valence-electron chi connectivity index (χ2n) is 18.8. The molecule has 0 bridgehead atoms. The van der Waals surface area contributed by atoms with Gasteiger partial charge in [0.15, 0.2) is 0 Å². The van der Waals surface area contributed by atoms with Crippen LogP contribution >= 0.6 is 11.8 Å². The lowest BCUT2D eigenvalue weighted by atomic mass is 10.1. The quantitative estimate of drug-likeness (QED) is 0.0169. The number of fused-ring (bicyclic) bond motifs is 1. The number of para-hydroxylation sites is 1. The summed E-state index contributed by atoms with van der Waals surface area (Å²) in [6.45, 7) is 5.72. The highest BCUT2D eigenvalue weighted by Crippen LogP contribution is 2.32. The maximum atomic E-state index is 13.2. The smallest absolute Gasteiger partial charge is 0.267 e. The van der Waals surface area contributed by atoms with Crippen LogP contribution in [0.3, 0.4) is 0 Å². The summed E-state index contributed by atoms with van der Waals surface area (Å²) in [4.78, 5) is 101. The van der Waals surface area contributed by atoms with Gasteiger partial charge in [-0.2, -0.15) is 0 Å². The largest absolute Gasteiger partial charge is 0.395 e. The molecule has 4 N–H and O–H groups in total. The molecule has 2 aliphatic heterocycles. The lowest BCUT2D eigenvalue weighted by Gasteiger charge is -2.21. The Kier molecular flexibility index (Phi) is 21.2. The van der Waals surface area contributed by atoms with Crippen molar-refractivity contribution in [3.63, 3.8) is 0 Å². The van der Waals surface area contributed by atoms with Crippen molar-refractivity contribution in [1.29, 1.82) is 0 Å². The summed E-state index contributed by atoms with van der Waals surface area (Å²) < 4.78 is 1.74. The zero-order valence-electron chi connectivity index (χ0n) is 42.5. The van der Waals surface area contributed by atoms with Crippen molar-refractivity contribution in [3.8, 4) is 0 Å². The molecule has 18 nitrogen and oxygen atoms in total. The predicted octanol–water partition coefficient (Wildman–Crippen LogP) is 5.95. The number of aromatic amines is 1. The maximum absolute atomic E-state index is 13.2. The number of hydrogen-bond acceptors (Lipinski definition) is 13. The van der Waals surface area contributed by atoms with Crippen LogP contribution < -0.4 is 10.8 Å². The Bertz CT molecular complexity index is 2810. The van der Waals surface area contributed by atoms with E-state index >= 15 is 0 Å². The fraction of sp³-hybridized carbons (Fsp3) is 0.411. The number of aromatic nitrogens is 4. The molecule has 75 heavy (non-hydrogen) atoms. The molecule has 396 valence electrons. The topological polar surface area (TPSA) is 229 Å². The fourth-order valence-electron chi connectivity index (χ4n) is 9.04. The summed E-state index contributed by atoms with van der Waals surface area (Å²) in [6, 6.07) is 23.7. The Morgan fingerprint density at radius 3 is 2.33 bits per heavy atom. The summed E-state index contributed by atoms with van der Waals surface area (Å²) in [6.07, 6.45) is 14.3. The number of likely N-dealkylation sites (tertiary alicyclic amines) is 1. The van der Waals surface area contributed by atoms with Crippen molar-refractivity contribution in [2.24, 2.45) is 0 Å². The highest BCUT2D eigenvalue weighted by Gasteiger charge is 2.38. The van der Waals surface area contributed by atoms with Gasteiger partial charge in [-0.15, -0.1) is 16.9 Å². The number of H-pyrrole nitrogens is 1. The normalized spacial score (nSPS) is 14.7. The molecule has 5 aromatic rings. The van der Waals surface area contributed by atoms with E-state index in [0.29, 0.717) is 77.5 Å². The number of ketones is 1. The lowest BCUT2D eigenvalue weighted by molar-refractivity contribution is -0.139. The predicted molar refractivity (Wildman–Crippen MR) is 284 cm³/mol. The molecule has 2 aromatic heterocycles. The number of carbonyl (C=O) groups is 7. The number of aryl methyl sites for hydroxylation is 3. The fourth-order valence-corrected chi connectivity index (χ4v) is 10.1. The molecule has 0 radical (unpaired) electrons. The van der Waals surface area contributed by atoms with Crippen molar-refractivity contribution in [1.82, 2.24) is 45.5 Å². The number of rotatable bonds is 32.